The van der Waals surface area contributed by atoms with E-state index in [0.717, 1.165) is 6.07 Å². The number of hydrogen-bond donors (Lipinski definition) is 1. The number of hydrogen-bond acceptors (Lipinski definition) is 5. The molecule has 2 aromatic rings. The molecule has 10 heteroatoms. The molecule has 1 aliphatic heterocycles. The van der Waals surface area contributed by atoms with Crippen molar-refractivity contribution in [3.05, 3.63) is 65.7 Å². The molecule has 1 fully saturated rings. The van der Waals surface area contributed by atoms with Crippen molar-refractivity contribution in [2.24, 2.45) is 5.73 Å². The molecule has 1 heterocycles. The molecule has 186 valence electrons. The van der Waals surface area contributed by atoms with Crippen LogP contribution < -0.4 is 5.73 Å². The first kappa shape index (κ1) is 26.1. The van der Waals surface area contributed by atoms with Gasteiger partial charge in [-0.15, -0.1) is 0 Å². The molecule has 34 heavy (non-hydrogen) atoms. The average Bonchev–Trinajstić information content (AvgIpc) is 2.72. The van der Waals surface area contributed by atoms with Gasteiger partial charge in [0.15, 0.2) is 0 Å². The Morgan fingerprint density at radius 2 is 1.74 bits per heavy atom. The first-order chi connectivity index (χ1) is 15.8. The maximum Gasteiger partial charge on any atom is 0.410 e. The number of ether oxygens (including phenoxy) is 1. The second-order valence-corrected chi connectivity index (χ2v) is 11.4. The number of amides is 1. The zero-order chi connectivity index (χ0) is 25.1. The van der Waals surface area contributed by atoms with Crippen LogP contribution in [-0.2, 0) is 21.2 Å². The summed E-state index contributed by atoms with van der Waals surface area (Å²) in [7, 11) is -3.77. The molecule has 1 unspecified atom stereocenters. The van der Waals surface area contributed by atoms with Crippen molar-refractivity contribution < 1.29 is 26.7 Å². The summed E-state index contributed by atoms with van der Waals surface area (Å²) in [6.45, 7) is 5.52. The summed E-state index contributed by atoms with van der Waals surface area (Å²) in [5, 5.41) is 0. The van der Waals surface area contributed by atoms with Crippen LogP contribution in [0.2, 0.25) is 0 Å². The second kappa shape index (κ2) is 10.4. The Kier molecular flexibility index (Phi) is 7.95. The van der Waals surface area contributed by atoms with Gasteiger partial charge in [-0.3, -0.25) is 0 Å². The molecule has 1 aliphatic rings. The lowest BCUT2D eigenvalue weighted by atomic mass is 9.98. The van der Waals surface area contributed by atoms with Gasteiger partial charge in [0.25, 0.3) is 0 Å². The lowest BCUT2D eigenvalue weighted by Crippen LogP contribution is -2.58. The Morgan fingerprint density at radius 1 is 1.12 bits per heavy atom. The van der Waals surface area contributed by atoms with Crippen LogP contribution in [0.4, 0.5) is 13.6 Å². The van der Waals surface area contributed by atoms with Crippen molar-refractivity contribution >= 4 is 16.1 Å². The molecule has 0 spiro atoms. The highest BCUT2D eigenvalue weighted by atomic mass is 32.2. The Labute approximate surface area is 199 Å². The van der Waals surface area contributed by atoms with Crippen LogP contribution >= 0.6 is 0 Å². The fraction of sp³-hybridized carbons (Fsp3) is 0.458. The van der Waals surface area contributed by atoms with Crippen LogP contribution in [-0.4, -0.2) is 61.0 Å². The standard InChI is InChI=1S/C24H31F2N3O4S/c1-24(2,3)33-23(30)29-10-9-28(34(31,32)22-7-5-4-6-8-22)16-21(29)15-20(27)13-17-11-18(25)14-19(26)12-17/h4-8,11-12,14,20-21H,9-10,13,15-16,27H2,1-3H3/t20?,21-/m0/s1. The molecule has 2 N–H and O–H groups in total. The smallest absolute Gasteiger partial charge is 0.410 e. The Hall–Kier alpha value is -2.56. The van der Waals surface area contributed by atoms with Crippen molar-refractivity contribution in [2.75, 3.05) is 19.6 Å². The predicted molar refractivity (Wildman–Crippen MR) is 125 cm³/mol. The van der Waals surface area contributed by atoms with Crippen LogP contribution in [0.1, 0.15) is 32.8 Å². The number of carbonyl (C=O) groups excluding carboxylic acids is 1. The Morgan fingerprint density at radius 3 is 2.32 bits per heavy atom. The summed E-state index contributed by atoms with van der Waals surface area (Å²) in [6, 6.07) is 10.1. The number of piperazine rings is 1. The van der Waals surface area contributed by atoms with E-state index in [1.165, 1.54) is 33.5 Å². The molecule has 1 saturated heterocycles. The van der Waals surface area contributed by atoms with Gasteiger partial charge in [0.1, 0.15) is 17.2 Å². The van der Waals surface area contributed by atoms with E-state index >= 15 is 0 Å². The molecule has 0 radical (unpaired) electrons. The quantitative estimate of drug-likeness (QED) is 0.662. The number of nitrogens with zero attached hydrogens (tertiary/aromatic N) is 2. The summed E-state index contributed by atoms with van der Waals surface area (Å²) in [5.41, 5.74) is 5.96. The lowest BCUT2D eigenvalue weighted by molar-refractivity contribution is 0.00426. The summed E-state index contributed by atoms with van der Waals surface area (Å²) in [4.78, 5) is 14.5. The highest BCUT2D eigenvalue weighted by Gasteiger charge is 2.38. The first-order valence-corrected chi connectivity index (χ1v) is 12.5. The lowest BCUT2D eigenvalue weighted by Gasteiger charge is -2.42. The van der Waals surface area contributed by atoms with Gasteiger partial charge in [0, 0.05) is 31.7 Å². The first-order valence-electron chi connectivity index (χ1n) is 11.1. The molecule has 0 aliphatic carbocycles. The summed E-state index contributed by atoms with van der Waals surface area (Å²) >= 11 is 0. The van der Waals surface area contributed by atoms with E-state index in [1.807, 2.05) is 0 Å². The summed E-state index contributed by atoms with van der Waals surface area (Å²) in [6.07, 6.45) is -0.171. The highest BCUT2D eigenvalue weighted by Crippen LogP contribution is 2.24. The average molecular weight is 496 g/mol. The molecular formula is C24H31F2N3O4S. The maximum absolute atomic E-state index is 13.6. The number of nitrogens with two attached hydrogens (primary N) is 1. The molecule has 0 bridgehead atoms. The zero-order valence-electron chi connectivity index (χ0n) is 19.6. The maximum atomic E-state index is 13.6. The van der Waals surface area contributed by atoms with Crippen LogP contribution in [0.15, 0.2) is 53.4 Å². The van der Waals surface area contributed by atoms with Gasteiger partial charge in [-0.2, -0.15) is 4.31 Å². The monoisotopic (exact) mass is 495 g/mol. The van der Waals surface area contributed by atoms with Gasteiger partial charge in [0.2, 0.25) is 10.0 Å². The molecule has 2 aromatic carbocycles. The van der Waals surface area contributed by atoms with Crippen molar-refractivity contribution in [3.8, 4) is 0 Å². The minimum absolute atomic E-state index is 0.0294. The van der Waals surface area contributed by atoms with E-state index < -0.39 is 45.4 Å². The van der Waals surface area contributed by atoms with Crippen molar-refractivity contribution in [3.63, 3.8) is 0 Å². The Bertz CT molecular complexity index is 1090. The largest absolute Gasteiger partial charge is 0.444 e. The van der Waals surface area contributed by atoms with E-state index in [0.29, 0.717) is 5.56 Å². The van der Waals surface area contributed by atoms with Crippen molar-refractivity contribution in [2.45, 2.75) is 56.2 Å². The van der Waals surface area contributed by atoms with Crippen LogP contribution in [0.5, 0.6) is 0 Å². The summed E-state index contributed by atoms with van der Waals surface area (Å²) in [5.74, 6) is -1.40. The van der Waals surface area contributed by atoms with Crippen LogP contribution in [0, 0.1) is 11.6 Å². The van der Waals surface area contributed by atoms with Crippen LogP contribution in [0.3, 0.4) is 0 Å². The third-order valence-corrected chi connectivity index (χ3v) is 7.33. The van der Waals surface area contributed by atoms with Gasteiger partial charge in [-0.1, -0.05) is 18.2 Å². The van der Waals surface area contributed by atoms with E-state index in [4.69, 9.17) is 10.5 Å². The van der Waals surface area contributed by atoms with Gasteiger partial charge in [-0.05, 0) is 63.4 Å². The molecule has 3 rings (SSSR count). The van der Waals surface area contributed by atoms with E-state index in [1.54, 1.807) is 39.0 Å². The normalized spacial score (nSPS) is 18.5. The van der Waals surface area contributed by atoms with Gasteiger partial charge in [0.05, 0.1) is 10.9 Å². The van der Waals surface area contributed by atoms with Crippen molar-refractivity contribution in [1.29, 1.82) is 0 Å². The fourth-order valence-corrected chi connectivity index (χ4v) is 5.50. The van der Waals surface area contributed by atoms with E-state index in [2.05, 4.69) is 0 Å². The fourth-order valence-electron chi connectivity index (χ4n) is 4.01. The molecule has 0 aromatic heterocycles. The number of halogens is 2. The zero-order valence-corrected chi connectivity index (χ0v) is 20.4. The topological polar surface area (TPSA) is 92.9 Å². The number of rotatable bonds is 6. The Balaban J connectivity index is 1.81. The van der Waals surface area contributed by atoms with Crippen molar-refractivity contribution in [1.82, 2.24) is 9.21 Å². The summed E-state index contributed by atoms with van der Waals surface area (Å²) < 4.78 is 60.4. The number of benzene rings is 2. The molecule has 0 saturated carbocycles. The van der Waals surface area contributed by atoms with Gasteiger partial charge in [-0.25, -0.2) is 22.0 Å². The highest BCUT2D eigenvalue weighted by molar-refractivity contribution is 7.89. The van der Waals surface area contributed by atoms with Gasteiger partial charge < -0.3 is 15.4 Å². The number of carbonyl (C=O) groups is 1. The molecular weight excluding hydrogens is 464 g/mol. The van der Waals surface area contributed by atoms with E-state index in [9.17, 15) is 22.0 Å². The van der Waals surface area contributed by atoms with Gasteiger partial charge >= 0.3 is 6.09 Å². The number of sulfonamides is 1. The van der Waals surface area contributed by atoms with Crippen LogP contribution in [0.25, 0.3) is 0 Å². The third kappa shape index (κ3) is 6.74. The minimum Gasteiger partial charge on any atom is -0.444 e. The molecule has 1 amide bonds. The third-order valence-electron chi connectivity index (χ3n) is 5.45. The minimum atomic E-state index is -3.77. The second-order valence-electron chi connectivity index (χ2n) is 9.48. The van der Waals surface area contributed by atoms with E-state index in [-0.39, 0.29) is 37.4 Å². The predicted octanol–water partition coefficient (Wildman–Crippen LogP) is 3.53. The molecule has 2 atom stereocenters. The molecule has 7 nitrogen and oxygen atoms in total. The SMILES string of the molecule is CC(C)(C)OC(=O)N1CCN(S(=O)(=O)c2ccccc2)C[C@@H]1CC(N)Cc1cc(F)cc(F)c1.